The highest BCUT2D eigenvalue weighted by molar-refractivity contribution is 7.89. The summed E-state index contributed by atoms with van der Waals surface area (Å²) >= 11 is 0. The molecule has 0 amide bonds. The normalized spacial score (nSPS) is 19.4. The van der Waals surface area contributed by atoms with Crippen LogP contribution in [0.3, 0.4) is 0 Å². The first-order chi connectivity index (χ1) is 9.91. The van der Waals surface area contributed by atoms with E-state index in [1.54, 1.807) is 0 Å². The number of carboxylic acids is 1. The average molecular weight is 312 g/mol. The molecule has 0 aliphatic carbocycles. The van der Waals surface area contributed by atoms with E-state index in [0.29, 0.717) is 25.2 Å². The highest BCUT2D eigenvalue weighted by atomic mass is 32.2. The number of aromatic nitrogens is 1. The lowest BCUT2D eigenvalue weighted by Crippen LogP contribution is -2.37. The van der Waals surface area contributed by atoms with Crippen molar-refractivity contribution in [2.75, 3.05) is 20.3 Å². The predicted octanol–water partition coefficient (Wildman–Crippen LogP) is 0.589. The minimum atomic E-state index is -3.67. The number of sulfonamides is 1. The maximum atomic E-state index is 12.5. The maximum Gasteiger partial charge on any atom is 0.328 e. The molecule has 1 aromatic rings. The summed E-state index contributed by atoms with van der Waals surface area (Å²) in [6, 6.07) is 1.21. The fourth-order valence-electron chi connectivity index (χ4n) is 2.01. The van der Waals surface area contributed by atoms with E-state index in [1.807, 2.05) is 0 Å². The number of pyridine rings is 1. The van der Waals surface area contributed by atoms with Gasteiger partial charge in [-0.1, -0.05) is 0 Å². The molecule has 0 bridgehead atoms. The second-order valence-corrected chi connectivity index (χ2v) is 6.66. The second-order valence-electron chi connectivity index (χ2n) is 4.66. The van der Waals surface area contributed by atoms with Gasteiger partial charge in [0.05, 0.1) is 12.6 Å². The number of ether oxygens (including phenoxy) is 1. The van der Waals surface area contributed by atoms with Crippen molar-refractivity contribution in [3.63, 3.8) is 0 Å². The number of rotatable bonds is 5. The largest absolute Gasteiger partial charge is 0.478 e. The van der Waals surface area contributed by atoms with E-state index in [0.717, 1.165) is 6.08 Å². The predicted molar refractivity (Wildman–Crippen MR) is 75.1 cm³/mol. The van der Waals surface area contributed by atoms with Crippen molar-refractivity contribution in [3.05, 3.63) is 30.1 Å². The Morgan fingerprint density at radius 1 is 1.52 bits per heavy atom. The molecule has 21 heavy (non-hydrogen) atoms. The summed E-state index contributed by atoms with van der Waals surface area (Å²) in [6.45, 7) is 0.923. The molecule has 0 aromatic carbocycles. The van der Waals surface area contributed by atoms with Crippen LogP contribution in [0.1, 0.15) is 12.0 Å². The molecule has 1 unspecified atom stereocenters. The van der Waals surface area contributed by atoms with Gasteiger partial charge in [-0.15, -0.1) is 0 Å². The van der Waals surface area contributed by atoms with Crippen LogP contribution < -0.4 is 0 Å². The zero-order valence-corrected chi connectivity index (χ0v) is 12.3. The van der Waals surface area contributed by atoms with E-state index < -0.39 is 16.0 Å². The minimum Gasteiger partial charge on any atom is -0.478 e. The van der Waals surface area contributed by atoms with Crippen molar-refractivity contribution < 1.29 is 23.1 Å². The van der Waals surface area contributed by atoms with Crippen molar-refractivity contribution in [1.82, 2.24) is 9.29 Å². The molecule has 1 fully saturated rings. The molecule has 1 aliphatic rings. The van der Waals surface area contributed by atoms with Crippen LogP contribution in [-0.2, 0) is 19.6 Å². The summed E-state index contributed by atoms with van der Waals surface area (Å²) in [5.74, 6) is -1.11. The Hall–Kier alpha value is -1.77. The summed E-state index contributed by atoms with van der Waals surface area (Å²) < 4.78 is 31.5. The Kier molecular flexibility index (Phi) is 4.71. The molecule has 2 rings (SSSR count). The topological polar surface area (TPSA) is 96.8 Å². The zero-order chi connectivity index (χ0) is 15.5. The van der Waals surface area contributed by atoms with Crippen LogP contribution in [0.15, 0.2) is 29.4 Å². The average Bonchev–Trinajstić information content (AvgIpc) is 2.98. The molecule has 1 atom stereocenters. The molecule has 1 aromatic heterocycles. The Balaban J connectivity index is 2.27. The first kappa shape index (κ1) is 15.6. The number of carboxylic acid groups (broad SMARTS) is 1. The van der Waals surface area contributed by atoms with Gasteiger partial charge in [-0.2, -0.15) is 4.31 Å². The molecular formula is C13H16N2O5S. The molecule has 7 nitrogen and oxygen atoms in total. The van der Waals surface area contributed by atoms with Crippen molar-refractivity contribution in [2.45, 2.75) is 17.4 Å². The van der Waals surface area contributed by atoms with E-state index in [-0.39, 0.29) is 10.9 Å². The third-order valence-corrected chi connectivity index (χ3v) is 5.12. The van der Waals surface area contributed by atoms with Crippen molar-refractivity contribution in [3.8, 4) is 0 Å². The highest BCUT2D eigenvalue weighted by Crippen LogP contribution is 2.21. The van der Waals surface area contributed by atoms with Gasteiger partial charge in [0.15, 0.2) is 0 Å². The van der Waals surface area contributed by atoms with Gasteiger partial charge < -0.3 is 9.84 Å². The molecule has 1 aliphatic heterocycles. The first-order valence-corrected chi connectivity index (χ1v) is 7.77. The van der Waals surface area contributed by atoms with Gasteiger partial charge in [-0.05, 0) is 24.1 Å². The van der Waals surface area contributed by atoms with E-state index >= 15 is 0 Å². The Morgan fingerprint density at radius 2 is 2.29 bits per heavy atom. The lowest BCUT2D eigenvalue weighted by atomic mass is 10.2. The molecule has 0 spiro atoms. The van der Waals surface area contributed by atoms with E-state index in [1.165, 1.54) is 35.9 Å². The molecule has 0 saturated carbocycles. The molecule has 2 heterocycles. The number of hydrogen-bond acceptors (Lipinski definition) is 5. The van der Waals surface area contributed by atoms with Crippen LogP contribution >= 0.6 is 0 Å². The summed E-state index contributed by atoms with van der Waals surface area (Å²) in [5, 5.41) is 8.59. The lowest BCUT2D eigenvalue weighted by Gasteiger charge is -2.22. The minimum absolute atomic E-state index is 0.0319. The van der Waals surface area contributed by atoms with Crippen LogP contribution in [0.5, 0.6) is 0 Å². The van der Waals surface area contributed by atoms with E-state index in [2.05, 4.69) is 4.98 Å². The van der Waals surface area contributed by atoms with Gasteiger partial charge in [-0.25, -0.2) is 13.2 Å². The fourth-order valence-corrected chi connectivity index (χ4v) is 3.38. The Labute approximate surface area is 122 Å². The number of carbonyl (C=O) groups is 1. The monoisotopic (exact) mass is 312 g/mol. The van der Waals surface area contributed by atoms with Crippen molar-refractivity contribution in [2.24, 2.45) is 0 Å². The number of nitrogens with zero attached hydrogens (tertiary/aromatic N) is 2. The summed E-state index contributed by atoms with van der Waals surface area (Å²) in [5.41, 5.74) is 0.412. The summed E-state index contributed by atoms with van der Waals surface area (Å²) in [4.78, 5) is 14.4. The quantitative estimate of drug-likeness (QED) is 0.799. The second kappa shape index (κ2) is 6.33. The molecular weight excluding hydrogens is 296 g/mol. The molecule has 114 valence electrons. The SMILES string of the molecule is CN(C1CCOC1)S(=O)(=O)c1cncc(/C=C/C(=O)O)c1. The van der Waals surface area contributed by atoms with Gasteiger partial charge in [0, 0.05) is 32.1 Å². The zero-order valence-electron chi connectivity index (χ0n) is 11.5. The van der Waals surface area contributed by atoms with E-state index in [9.17, 15) is 13.2 Å². The molecule has 8 heteroatoms. The third kappa shape index (κ3) is 3.66. The molecule has 0 radical (unpaired) electrons. The van der Waals surface area contributed by atoms with Gasteiger partial charge in [0.1, 0.15) is 4.90 Å². The Morgan fingerprint density at radius 3 is 2.90 bits per heavy atom. The molecule has 1 N–H and O–H groups in total. The number of likely N-dealkylation sites (N-methyl/N-ethyl adjacent to an activating group) is 1. The maximum absolute atomic E-state index is 12.5. The van der Waals surface area contributed by atoms with Gasteiger partial charge in [0.2, 0.25) is 10.0 Å². The van der Waals surface area contributed by atoms with Crippen LogP contribution in [0, 0.1) is 0 Å². The van der Waals surface area contributed by atoms with Crippen LogP contribution in [0.2, 0.25) is 0 Å². The van der Waals surface area contributed by atoms with Crippen molar-refractivity contribution >= 4 is 22.1 Å². The van der Waals surface area contributed by atoms with Crippen LogP contribution in [-0.4, -0.2) is 55.1 Å². The summed E-state index contributed by atoms with van der Waals surface area (Å²) in [6.07, 6.45) is 5.54. The van der Waals surface area contributed by atoms with Crippen LogP contribution in [0.4, 0.5) is 0 Å². The van der Waals surface area contributed by atoms with Crippen LogP contribution in [0.25, 0.3) is 6.08 Å². The fraction of sp³-hybridized carbons (Fsp3) is 0.385. The smallest absolute Gasteiger partial charge is 0.328 e. The van der Waals surface area contributed by atoms with Gasteiger partial charge in [-0.3, -0.25) is 4.98 Å². The number of hydrogen-bond donors (Lipinski definition) is 1. The lowest BCUT2D eigenvalue weighted by molar-refractivity contribution is -0.131. The summed E-state index contributed by atoms with van der Waals surface area (Å²) in [7, 11) is -2.17. The number of aliphatic carboxylic acids is 1. The molecule has 1 saturated heterocycles. The Bertz CT molecular complexity index is 650. The third-order valence-electron chi connectivity index (χ3n) is 3.25. The highest BCUT2D eigenvalue weighted by Gasteiger charge is 2.30. The first-order valence-electron chi connectivity index (χ1n) is 6.33. The van der Waals surface area contributed by atoms with Gasteiger partial charge in [0.25, 0.3) is 0 Å². The van der Waals surface area contributed by atoms with E-state index in [4.69, 9.17) is 9.84 Å². The van der Waals surface area contributed by atoms with Gasteiger partial charge >= 0.3 is 5.97 Å². The van der Waals surface area contributed by atoms with Crippen molar-refractivity contribution in [1.29, 1.82) is 0 Å². The standard InChI is InChI=1S/C13H16N2O5S/c1-15(11-4-5-20-9-11)21(18,19)12-6-10(7-14-8-12)2-3-13(16)17/h2-3,6-8,11H,4-5,9H2,1H3,(H,16,17)/b3-2+.